The van der Waals surface area contributed by atoms with Crippen molar-refractivity contribution >= 4 is 11.6 Å². The lowest BCUT2D eigenvalue weighted by atomic mass is 10.1. The van der Waals surface area contributed by atoms with Crippen LogP contribution in [-0.4, -0.2) is 68.2 Å². The Morgan fingerprint density at radius 1 is 1.15 bits per heavy atom. The van der Waals surface area contributed by atoms with E-state index in [0.717, 1.165) is 41.9 Å². The molecule has 33 heavy (non-hydrogen) atoms. The van der Waals surface area contributed by atoms with Crippen LogP contribution in [-0.2, 0) is 20.0 Å². The van der Waals surface area contributed by atoms with Crippen LogP contribution in [0, 0.1) is 6.92 Å². The molecule has 0 bridgehead atoms. The van der Waals surface area contributed by atoms with E-state index in [4.69, 9.17) is 9.47 Å². The average molecular weight is 450 g/mol. The Morgan fingerprint density at radius 3 is 2.79 bits per heavy atom. The molecule has 0 N–H and O–H groups in total. The monoisotopic (exact) mass is 449 g/mol. The van der Waals surface area contributed by atoms with Gasteiger partial charge in [0.15, 0.2) is 0 Å². The van der Waals surface area contributed by atoms with Crippen LogP contribution in [0.5, 0.6) is 11.8 Å². The van der Waals surface area contributed by atoms with Crippen molar-refractivity contribution in [2.45, 2.75) is 32.4 Å². The van der Waals surface area contributed by atoms with Gasteiger partial charge in [0.2, 0.25) is 11.8 Å². The number of rotatable bonds is 5. The minimum absolute atomic E-state index is 0.0284. The van der Waals surface area contributed by atoms with Crippen molar-refractivity contribution in [2.75, 3.05) is 31.6 Å². The van der Waals surface area contributed by atoms with Gasteiger partial charge < -0.3 is 23.8 Å². The molecular weight excluding hydrogens is 422 g/mol. The molecule has 2 aliphatic heterocycles. The van der Waals surface area contributed by atoms with E-state index in [2.05, 4.69) is 30.9 Å². The number of aryl methyl sites for hydroxylation is 2. The standard InChI is InChI=1S/C23H27N7O3/c1-15-8-16(9-25-21(15)32-3)29-7-5-19-18(12-29)22(27-13-26-19)33-17-4-6-30(11-17)23(31)20-10-24-14-28(20)2/h8-10,13-14,17H,4-7,11-12H2,1-3H3. The zero-order chi connectivity index (χ0) is 22.9. The van der Waals surface area contributed by atoms with Crippen LogP contribution in [0.4, 0.5) is 5.69 Å². The van der Waals surface area contributed by atoms with E-state index in [9.17, 15) is 4.79 Å². The van der Waals surface area contributed by atoms with E-state index in [0.29, 0.717) is 37.1 Å². The first kappa shape index (κ1) is 21.2. The Labute approximate surface area is 192 Å². The molecule has 0 radical (unpaired) electrons. The number of anilines is 1. The van der Waals surface area contributed by atoms with E-state index in [1.165, 1.54) is 0 Å². The Hall–Kier alpha value is -3.69. The van der Waals surface area contributed by atoms with Crippen LogP contribution in [0.2, 0.25) is 0 Å². The molecule has 0 spiro atoms. The summed E-state index contributed by atoms with van der Waals surface area (Å²) in [5, 5.41) is 0. The smallest absolute Gasteiger partial charge is 0.272 e. The summed E-state index contributed by atoms with van der Waals surface area (Å²) in [6, 6.07) is 2.08. The van der Waals surface area contributed by atoms with Crippen LogP contribution < -0.4 is 14.4 Å². The summed E-state index contributed by atoms with van der Waals surface area (Å²) in [5.41, 5.74) is 4.60. The Morgan fingerprint density at radius 2 is 2.03 bits per heavy atom. The molecule has 0 saturated carbocycles. The van der Waals surface area contributed by atoms with Gasteiger partial charge in [0, 0.05) is 38.5 Å². The third kappa shape index (κ3) is 4.08. The van der Waals surface area contributed by atoms with Crippen molar-refractivity contribution in [1.82, 2.24) is 29.4 Å². The maximum Gasteiger partial charge on any atom is 0.272 e. The quantitative estimate of drug-likeness (QED) is 0.581. The first-order chi connectivity index (χ1) is 16.0. The second-order valence-electron chi connectivity index (χ2n) is 8.46. The van der Waals surface area contributed by atoms with Crippen molar-refractivity contribution in [3.63, 3.8) is 0 Å². The van der Waals surface area contributed by atoms with Crippen molar-refractivity contribution in [2.24, 2.45) is 7.05 Å². The number of imidazole rings is 1. The number of pyridine rings is 1. The summed E-state index contributed by atoms with van der Waals surface area (Å²) < 4.78 is 13.3. The number of fused-ring (bicyclic) bond motifs is 1. The summed E-state index contributed by atoms with van der Waals surface area (Å²) in [7, 11) is 3.45. The number of carbonyl (C=O) groups excluding carboxylic acids is 1. The van der Waals surface area contributed by atoms with Gasteiger partial charge in [-0.25, -0.2) is 19.9 Å². The fourth-order valence-corrected chi connectivity index (χ4v) is 4.46. The number of aromatic nitrogens is 5. The maximum atomic E-state index is 12.8. The molecule has 1 unspecified atom stereocenters. The van der Waals surface area contributed by atoms with Crippen LogP contribution in [0.1, 0.15) is 33.7 Å². The number of ether oxygens (including phenoxy) is 2. The number of carbonyl (C=O) groups is 1. The maximum absolute atomic E-state index is 12.8. The van der Waals surface area contributed by atoms with E-state index in [-0.39, 0.29) is 12.0 Å². The normalized spacial score (nSPS) is 17.7. The molecular formula is C23H27N7O3. The number of hydrogen-bond acceptors (Lipinski definition) is 8. The predicted octanol–water partition coefficient (Wildman–Crippen LogP) is 1.78. The highest BCUT2D eigenvalue weighted by molar-refractivity contribution is 5.92. The van der Waals surface area contributed by atoms with Gasteiger partial charge in [0.1, 0.15) is 18.1 Å². The lowest BCUT2D eigenvalue weighted by Gasteiger charge is -2.31. The summed E-state index contributed by atoms with van der Waals surface area (Å²) >= 11 is 0. The number of amides is 1. The molecule has 2 aliphatic rings. The minimum atomic E-state index is -0.110. The molecule has 10 heteroatoms. The zero-order valence-corrected chi connectivity index (χ0v) is 19.1. The highest BCUT2D eigenvalue weighted by atomic mass is 16.5. The zero-order valence-electron chi connectivity index (χ0n) is 19.1. The van der Waals surface area contributed by atoms with Crippen molar-refractivity contribution in [3.8, 4) is 11.8 Å². The van der Waals surface area contributed by atoms with E-state index < -0.39 is 0 Å². The van der Waals surface area contributed by atoms with Crippen LogP contribution in [0.15, 0.2) is 31.1 Å². The molecule has 3 aromatic rings. The second-order valence-corrected chi connectivity index (χ2v) is 8.46. The van der Waals surface area contributed by atoms with Gasteiger partial charge in [-0.1, -0.05) is 0 Å². The van der Waals surface area contributed by atoms with Crippen LogP contribution in [0.25, 0.3) is 0 Å². The van der Waals surface area contributed by atoms with Gasteiger partial charge in [-0.15, -0.1) is 0 Å². The fourth-order valence-electron chi connectivity index (χ4n) is 4.46. The lowest BCUT2D eigenvalue weighted by Crippen LogP contribution is -2.34. The van der Waals surface area contributed by atoms with E-state index >= 15 is 0 Å². The highest BCUT2D eigenvalue weighted by Crippen LogP contribution is 2.31. The minimum Gasteiger partial charge on any atom is -0.481 e. The lowest BCUT2D eigenvalue weighted by molar-refractivity contribution is 0.0761. The van der Waals surface area contributed by atoms with Gasteiger partial charge in [0.25, 0.3) is 5.91 Å². The van der Waals surface area contributed by atoms with Crippen molar-refractivity contribution < 1.29 is 14.3 Å². The fraction of sp³-hybridized carbons (Fsp3) is 0.435. The number of likely N-dealkylation sites (tertiary alicyclic amines) is 1. The Balaban J connectivity index is 1.30. The topological polar surface area (TPSA) is 98.5 Å². The first-order valence-corrected chi connectivity index (χ1v) is 11.0. The molecule has 3 aromatic heterocycles. The summed E-state index contributed by atoms with van der Waals surface area (Å²) in [6.07, 6.45) is 8.08. The summed E-state index contributed by atoms with van der Waals surface area (Å²) in [4.78, 5) is 34.3. The molecule has 5 rings (SSSR count). The Bertz CT molecular complexity index is 1180. The van der Waals surface area contributed by atoms with Gasteiger partial charge in [-0.3, -0.25) is 4.79 Å². The summed E-state index contributed by atoms with van der Waals surface area (Å²) in [6.45, 7) is 4.64. The van der Waals surface area contributed by atoms with Crippen LogP contribution >= 0.6 is 0 Å². The molecule has 172 valence electrons. The van der Waals surface area contributed by atoms with Crippen molar-refractivity contribution in [1.29, 1.82) is 0 Å². The highest BCUT2D eigenvalue weighted by Gasteiger charge is 2.31. The first-order valence-electron chi connectivity index (χ1n) is 11.0. The third-order valence-corrected chi connectivity index (χ3v) is 6.28. The van der Waals surface area contributed by atoms with Crippen molar-refractivity contribution in [3.05, 3.63) is 53.6 Å². The SMILES string of the molecule is COc1ncc(N2CCc3ncnc(OC4CCN(C(=O)c5cncn5C)C4)c3C2)cc1C. The predicted molar refractivity (Wildman–Crippen MR) is 120 cm³/mol. The largest absolute Gasteiger partial charge is 0.481 e. The molecule has 1 saturated heterocycles. The molecule has 1 atom stereocenters. The van der Waals surface area contributed by atoms with E-state index in [1.54, 1.807) is 30.5 Å². The molecule has 5 heterocycles. The molecule has 1 fully saturated rings. The summed E-state index contributed by atoms with van der Waals surface area (Å²) in [5.74, 6) is 1.21. The van der Waals surface area contributed by atoms with E-state index in [1.807, 2.05) is 25.1 Å². The van der Waals surface area contributed by atoms with Gasteiger partial charge in [0.05, 0.1) is 55.9 Å². The molecule has 0 aliphatic carbocycles. The molecule has 1 amide bonds. The molecule has 10 nitrogen and oxygen atoms in total. The van der Waals surface area contributed by atoms with Gasteiger partial charge >= 0.3 is 0 Å². The average Bonchev–Trinajstić information content (AvgIpc) is 3.47. The number of hydrogen-bond donors (Lipinski definition) is 0. The molecule has 0 aromatic carbocycles. The number of nitrogens with zero attached hydrogens (tertiary/aromatic N) is 7. The van der Waals surface area contributed by atoms with Crippen LogP contribution in [0.3, 0.4) is 0 Å². The second kappa shape index (κ2) is 8.68. The third-order valence-electron chi connectivity index (χ3n) is 6.28. The van der Waals surface area contributed by atoms with Gasteiger partial charge in [-0.2, -0.15) is 0 Å². The van der Waals surface area contributed by atoms with Gasteiger partial charge in [-0.05, 0) is 13.0 Å². The Kier molecular flexibility index (Phi) is 5.57. The number of methoxy groups -OCH3 is 1.